The summed E-state index contributed by atoms with van der Waals surface area (Å²) in [6.45, 7) is 12.1. The summed E-state index contributed by atoms with van der Waals surface area (Å²) in [4.78, 5) is 19.3. The lowest BCUT2D eigenvalue weighted by molar-refractivity contribution is -0.143. The summed E-state index contributed by atoms with van der Waals surface area (Å²) in [5, 5.41) is 0. The second-order valence-electron chi connectivity index (χ2n) is 11.9. The molecule has 2 saturated heterocycles. The first-order valence-electron chi connectivity index (χ1n) is 14.2. The Kier molecular flexibility index (Phi) is 13.2. The van der Waals surface area contributed by atoms with Crippen molar-refractivity contribution in [3.8, 4) is 11.8 Å². The average Bonchev–Trinajstić information content (AvgIpc) is 2.92. The Balaban J connectivity index is 0.00000353. The van der Waals surface area contributed by atoms with Crippen molar-refractivity contribution in [2.24, 2.45) is 0 Å². The van der Waals surface area contributed by atoms with Gasteiger partial charge in [-0.15, -0.1) is 24.8 Å². The standard InChI is InChI=1S/C32H37F6N3O2.2ClH/c1-22-7-8-24(15-23(22)2)16-28-20-39(9-5-6-10-40-13-14-43-21-30(40,3)4)11-12-41(28)29(42)25-17-26(31(33,34)35)19-27(18-25)32(36,37)38;;/h7-8,15,17-19,28H,9-14,16,20-21H2,1-4H3;2*1H/t28-;;/m1../s1. The van der Waals surface area contributed by atoms with Gasteiger partial charge in [0.05, 0.1) is 37.4 Å². The van der Waals surface area contributed by atoms with E-state index in [4.69, 9.17) is 4.74 Å². The van der Waals surface area contributed by atoms with Gasteiger partial charge in [-0.25, -0.2) is 0 Å². The zero-order valence-electron chi connectivity index (χ0n) is 25.6. The van der Waals surface area contributed by atoms with Gasteiger partial charge in [-0.2, -0.15) is 26.3 Å². The highest BCUT2D eigenvalue weighted by atomic mass is 35.5. The van der Waals surface area contributed by atoms with Gasteiger partial charge < -0.3 is 9.64 Å². The summed E-state index contributed by atoms with van der Waals surface area (Å²) >= 11 is 0. The van der Waals surface area contributed by atoms with Crippen molar-refractivity contribution in [3.63, 3.8) is 0 Å². The maximum atomic E-state index is 13.6. The zero-order chi connectivity index (χ0) is 31.6. The molecule has 0 unspecified atom stereocenters. The van der Waals surface area contributed by atoms with Crippen molar-refractivity contribution < 1.29 is 35.9 Å². The Morgan fingerprint density at radius 3 is 2.09 bits per heavy atom. The molecular formula is C32H39Cl2F6N3O2. The van der Waals surface area contributed by atoms with Crippen molar-refractivity contribution in [1.82, 2.24) is 14.7 Å². The fraction of sp³-hybridized carbons (Fsp3) is 0.531. The van der Waals surface area contributed by atoms with Gasteiger partial charge >= 0.3 is 12.4 Å². The Hall–Kier alpha value is -2.49. The summed E-state index contributed by atoms with van der Waals surface area (Å²) in [6.07, 6.45) is -9.68. The number of rotatable bonds is 5. The predicted molar refractivity (Wildman–Crippen MR) is 166 cm³/mol. The molecule has 2 heterocycles. The molecule has 2 aliphatic heterocycles. The van der Waals surface area contributed by atoms with Crippen LogP contribution in [0.15, 0.2) is 36.4 Å². The Bertz CT molecular complexity index is 1360. The predicted octanol–water partition coefficient (Wildman–Crippen LogP) is 6.67. The van der Waals surface area contributed by atoms with E-state index in [0.29, 0.717) is 57.9 Å². The molecule has 2 aromatic carbocycles. The number of halogens is 8. The highest BCUT2D eigenvalue weighted by Crippen LogP contribution is 2.37. The SMILES string of the molecule is Cc1ccc(C[C@@H]2CN(CC#CCN3CCOCC3(C)C)CCN2C(=O)c2cc(C(F)(F)F)cc(C(F)(F)F)c2)cc1C.Cl.Cl. The number of ether oxygens (including phenoxy) is 1. The van der Waals surface area contributed by atoms with Gasteiger partial charge in [0.15, 0.2) is 0 Å². The highest BCUT2D eigenvalue weighted by Gasteiger charge is 2.39. The number of piperazine rings is 1. The van der Waals surface area contributed by atoms with Crippen LogP contribution in [0.25, 0.3) is 0 Å². The molecule has 2 aromatic rings. The van der Waals surface area contributed by atoms with Crippen molar-refractivity contribution in [1.29, 1.82) is 0 Å². The smallest absolute Gasteiger partial charge is 0.378 e. The van der Waals surface area contributed by atoms with Gasteiger partial charge in [0, 0.05) is 43.3 Å². The molecule has 0 spiro atoms. The van der Waals surface area contributed by atoms with Crippen LogP contribution in [0, 0.1) is 25.7 Å². The Morgan fingerprint density at radius 2 is 1.51 bits per heavy atom. The Morgan fingerprint density at radius 1 is 0.889 bits per heavy atom. The Labute approximate surface area is 273 Å². The van der Waals surface area contributed by atoms with Crippen LogP contribution in [0.1, 0.15) is 52.0 Å². The number of amides is 1. The van der Waals surface area contributed by atoms with Crippen molar-refractivity contribution in [2.45, 2.75) is 58.0 Å². The molecule has 13 heteroatoms. The maximum absolute atomic E-state index is 13.6. The van der Waals surface area contributed by atoms with Gasteiger partial charge in [0.2, 0.25) is 0 Å². The van der Waals surface area contributed by atoms with Crippen molar-refractivity contribution >= 4 is 30.7 Å². The van der Waals surface area contributed by atoms with Crippen LogP contribution in [0.2, 0.25) is 0 Å². The number of nitrogens with zero attached hydrogens (tertiary/aromatic N) is 3. The molecule has 0 bridgehead atoms. The molecule has 5 nitrogen and oxygen atoms in total. The van der Waals surface area contributed by atoms with Crippen LogP contribution in [-0.2, 0) is 23.5 Å². The van der Waals surface area contributed by atoms with Crippen LogP contribution in [0.3, 0.4) is 0 Å². The minimum Gasteiger partial charge on any atom is -0.378 e. The van der Waals surface area contributed by atoms with E-state index >= 15 is 0 Å². The third-order valence-corrected chi connectivity index (χ3v) is 8.22. The summed E-state index contributed by atoms with van der Waals surface area (Å²) in [5.41, 5.74) is -0.701. The van der Waals surface area contributed by atoms with Crippen LogP contribution >= 0.6 is 24.8 Å². The molecule has 2 fully saturated rings. The lowest BCUT2D eigenvalue weighted by atomic mass is 9.97. The average molecular weight is 683 g/mol. The molecule has 0 N–H and O–H groups in total. The normalized spacial score (nSPS) is 19.2. The molecule has 4 rings (SSSR count). The quantitative estimate of drug-likeness (QED) is 0.261. The van der Waals surface area contributed by atoms with E-state index < -0.39 is 41.0 Å². The summed E-state index contributed by atoms with van der Waals surface area (Å²) in [5.74, 6) is 5.57. The second kappa shape index (κ2) is 15.4. The van der Waals surface area contributed by atoms with Gasteiger partial charge in [0.1, 0.15) is 0 Å². The molecule has 250 valence electrons. The summed E-state index contributed by atoms with van der Waals surface area (Å²) in [6, 6.07) is 6.46. The number of hydrogen-bond acceptors (Lipinski definition) is 4. The molecule has 0 aliphatic carbocycles. The maximum Gasteiger partial charge on any atom is 0.416 e. The number of benzene rings is 2. The lowest BCUT2D eigenvalue weighted by Gasteiger charge is -2.41. The van der Waals surface area contributed by atoms with E-state index in [1.807, 2.05) is 32.0 Å². The molecule has 2 aliphatic rings. The van der Waals surface area contributed by atoms with E-state index in [-0.39, 0.29) is 43.0 Å². The van der Waals surface area contributed by atoms with Crippen LogP contribution in [0.5, 0.6) is 0 Å². The molecule has 0 radical (unpaired) electrons. The molecule has 1 atom stereocenters. The van der Waals surface area contributed by atoms with E-state index in [1.165, 1.54) is 4.90 Å². The minimum absolute atomic E-state index is 0. The molecule has 0 saturated carbocycles. The first-order valence-corrected chi connectivity index (χ1v) is 14.2. The number of morpholine rings is 1. The number of carbonyl (C=O) groups excluding carboxylic acids is 1. The number of alkyl halides is 6. The molecule has 45 heavy (non-hydrogen) atoms. The monoisotopic (exact) mass is 681 g/mol. The second-order valence-corrected chi connectivity index (χ2v) is 11.9. The molecule has 0 aromatic heterocycles. The number of hydrogen-bond donors (Lipinski definition) is 0. The summed E-state index contributed by atoms with van der Waals surface area (Å²) < 4.78 is 86.6. The van der Waals surface area contributed by atoms with Gasteiger partial charge in [0.25, 0.3) is 5.91 Å². The van der Waals surface area contributed by atoms with E-state index in [1.54, 1.807) is 0 Å². The van der Waals surface area contributed by atoms with Crippen LogP contribution < -0.4 is 0 Å². The fourth-order valence-electron chi connectivity index (χ4n) is 5.45. The van der Waals surface area contributed by atoms with E-state index in [2.05, 4.69) is 35.5 Å². The summed E-state index contributed by atoms with van der Waals surface area (Å²) in [7, 11) is 0. The number of aryl methyl sites for hydroxylation is 2. The fourth-order valence-corrected chi connectivity index (χ4v) is 5.45. The topological polar surface area (TPSA) is 36.0 Å². The zero-order valence-corrected chi connectivity index (χ0v) is 27.3. The van der Waals surface area contributed by atoms with Crippen molar-refractivity contribution in [2.75, 3.05) is 52.5 Å². The molecule has 1 amide bonds. The van der Waals surface area contributed by atoms with E-state index in [9.17, 15) is 31.1 Å². The first-order chi connectivity index (χ1) is 20.0. The van der Waals surface area contributed by atoms with Gasteiger partial charge in [-0.3, -0.25) is 14.6 Å². The largest absolute Gasteiger partial charge is 0.416 e. The minimum atomic E-state index is -5.04. The third kappa shape index (κ3) is 10.00. The highest BCUT2D eigenvalue weighted by molar-refractivity contribution is 5.95. The van der Waals surface area contributed by atoms with Crippen LogP contribution in [0.4, 0.5) is 26.3 Å². The van der Waals surface area contributed by atoms with Gasteiger partial charge in [-0.05, 0) is 69.0 Å². The van der Waals surface area contributed by atoms with Gasteiger partial charge in [-0.1, -0.05) is 30.0 Å². The molecular weight excluding hydrogens is 643 g/mol. The number of carbonyl (C=O) groups is 1. The van der Waals surface area contributed by atoms with E-state index in [0.717, 1.165) is 23.2 Å². The van der Waals surface area contributed by atoms with Crippen LogP contribution in [-0.4, -0.2) is 84.7 Å². The third-order valence-electron chi connectivity index (χ3n) is 8.22. The first kappa shape index (κ1) is 38.7. The lowest BCUT2D eigenvalue weighted by Crippen LogP contribution is -2.56. The van der Waals surface area contributed by atoms with Crippen molar-refractivity contribution in [3.05, 3.63) is 69.8 Å².